The highest BCUT2D eigenvalue weighted by atomic mass is 14.7. The number of rotatable bonds is 3. The number of nitrogens with two attached hydrogens (primary N) is 1. The summed E-state index contributed by atoms with van der Waals surface area (Å²) < 4.78 is 0. The van der Waals surface area contributed by atoms with Crippen LogP contribution in [0, 0.1) is 11.8 Å². The summed E-state index contributed by atoms with van der Waals surface area (Å²) in [7, 11) is 0. The van der Waals surface area contributed by atoms with Gasteiger partial charge in [-0.2, -0.15) is 0 Å². The highest BCUT2D eigenvalue weighted by Crippen LogP contribution is 2.37. The van der Waals surface area contributed by atoms with Crippen LogP contribution in [0.5, 0.6) is 0 Å². The quantitative estimate of drug-likeness (QED) is 0.848. The Balaban J connectivity index is 1.76. The molecule has 1 aliphatic carbocycles. The van der Waals surface area contributed by atoms with Crippen LogP contribution in [-0.2, 0) is 0 Å². The normalized spacial score (nSPS) is 23.7. The maximum Gasteiger partial charge on any atom is 0.0323 e. The van der Waals surface area contributed by atoms with Gasteiger partial charge in [-0.1, -0.05) is 67.9 Å². The van der Waals surface area contributed by atoms with Gasteiger partial charge in [0.1, 0.15) is 0 Å². The van der Waals surface area contributed by atoms with Crippen molar-refractivity contribution in [2.24, 2.45) is 17.6 Å². The molecule has 2 aromatic carbocycles. The SMILES string of the molecule is CC1CCC(C(N)c2ccc(-c3ccccc3)cc2)C1. The Morgan fingerprint density at radius 3 is 2.15 bits per heavy atom. The molecular weight excluding hydrogens is 242 g/mol. The molecule has 20 heavy (non-hydrogen) atoms. The van der Waals surface area contributed by atoms with E-state index in [4.69, 9.17) is 5.73 Å². The molecule has 1 aliphatic rings. The van der Waals surface area contributed by atoms with Crippen molar-refractivity contribution in [3.05, 3.63) is 60.2 Å². The lowest BCUT2D eigenvalue weighted by atomic mass is 9.91. The first-order chi connectivity index (χ1) is 9.74. The summed E-state index contributed by atoms with van der Waals surface area (Å²) in [6.45, 7) is 2.34. The highest BCUT2D eigenvalue weighted by molar-refractivity contribution is 5.63. The molecule has 1 saturated carbocycles. The van der Waals surface area contributed by atoms with Crippen molar-refractivity contribution < 1.29 is 0 Å². The minimum Gasteiger partial charge on any atom is -0.324 e. The van der Waals surface area contributed by atoms with Crippen molar-refractivity contribution in [1.29, 1.82) is 0 Å². The molecule has 0 bridgehead atoms. The zero-order valence-corrected chi connectivity index (χ0v) is 12.1. The van der Waals surface area contributed by atoms with Crippen molar-refractivity contribution in [3.8, 4) is 11.1 Å². The first-order valence-corrected chi connectivity index (χ1v) is 7.65. The van der Waals surface area contributed by atoms with E-state index in [2.05, 4.69) is 61.5 Å². The van der Waals surface area contributed by atoms with Gasteiger partial charge in [0, 0.05) is 6.04 Å². The average Bonchev–Trinajstić information content (AvgIpc) is 2.94. The maximum atomic E-state index is 6.45. The third kappa shape index (κ3) is 2.78. The largest absolute Gasteiger partial charge is 0.324 e. The summed E-state index contributed by atoms with van der Waals surface area (Å²) in [6, 6.07) is 19.5. The van der Waals surface area contributed by atoms with Crippen LogP contribution < -0.4 is 5.73 Å². The summed E-state index contributed by atoms with van der Waals surface area (Å²) >= 11 is 0. The molecule has 0 spiro atoms. The molecule has 0 aromatic heterocycles. The smallest absolute Gasteiger partial charge is 0.0323 e. The lowest BCUT2D eigenvalue weighted by molar-refractivity contribution is 0.429. The van der Waals surface area contributed by atoms with E-state index >= 15 is 0 Å². The van der Waals surface area contributed by atoms with Crippen LogP contribution in [-0.4, -0.2) is 0 Å². The maximum absolute atomic E-state index is 6.45. The third-order valence-corrected chi connectivity index (χ3v) is 4.65. The Hall–Kier alpha value is -1.60. The molecule has 1 heteroatoms. The van der Waals surface area contributed by atoms with Gasteiger partial charge in [0.05, 0.1) is 0 Å². The first-order valence-electron chi connectivity index (χ1n) is 7.65. The standard InChI is InChI=1S/C19H23N/c1-14-7-8-18(13-14)19(20)17-11-9-16(10-12-17)15-5-3-2-4-6-15/h2-6,9-12,14,18-19H,7-8,13,20H2,1H3. The predicted molar refractivity (Wildman–Crippen MR) is 85.3 cm³/mol. The van der Waals surface area contributed by atoms with Crippen LogP contribution in [0.1, 0.15) is 37.8 Å². The molecular formula is C19H23N. The van der Waals surface area contributed by atoms with Gasteiger partial charge in [0.15, 0.2) is 0 Å². The Morgan fingerprint density at radius 1 is 0.900 bits per heavy atom. The van der Waals surface area contributed by atoms with E-state index in [1.165, 1.54) is 36.0 Å². The Morgan fingerprint density at radius 2 is 1.55 bits per heavy atom. The summed E-state index contributed by atoms with van der Waals surface area (Å²) in [5.74, 6) is 1.50. The summed E-state index contributed by atoms with van der Waals surface area (Å²) in [4.78, 5) is 0. The van der Waals surface area contributed by atoms with E-state index in [0.29, 0.717) is 5.92 Å². The fourth-order valence-corrected chi connectivity index (χ4v) is 3.38. The van der Waals surface area contributed by atoms with E-state index in [0.717, 1.165) is 5.92 Å². The highest BCUT2D eigenvalue weighted by Gasteiger charge is 2.27. The van der Waals surface area contributed by atoms with E-state index in [1.807, 2.05) is 0 Å². The second kappa shape index (κ2) is 5.80. The minimum absolute atomic E-state index is 0.199. The van der Waals surface area contributed by atoms with Crippen LogP contribution in [0.3, 0.4) is 0 Å². The van der Waals surface area contributed by atoms with Gasteiger partial charge < -0.3 is 5.73 Å². The number of benzene rings is 2. The number of hydrogen-bond donors (Lipinski definition) is 1. The second-order valence-corrected chi connectivity index (χ2v) is 6.19. The van der Waals surface area contributed by atoms with Crippen LogP contribution in [0.4, 0.5) is 0 Å². The van der Waals surface area contributed by atoms with Gasteiger partial charge in [-0.05, 0) is 41.4 Å². The molecule has 3 rings (SSSR count). The van der Waals surface area contributed by atoms with Crippen LogP contribution in [0.25, 0.3) is 11.1 Å². The molecule has 2 N–H and O–H groups in total. The molecule has 0 radical (unpaired) electrons. The van der Waals surface area contributed by atoms with Crippen LogP contribution in [0.2, 0.25) is 0 Å². The molecule has 0 amide bonds. The Kier molecular flexibility index (Phi) is 3.88. The lowest BCUT2D eigenvalue weighted by Crippen LogP contribution is -2.19. The van der Waals surface area contributed by atoms with Gasteiger partial charge in [0.25, 0.3) is 0 Å². The van der Waals surface area contributed by atoms with Crippen molar-refractivity contribution in [2.75, 3.05) is 0 Å². The van der Waals surface area contributed by atoms with Crippen LogP contribution in [0.15, 0.2) is 54.6 Å². The van der Waals surface area contributed by atoms with Gasteiger partial charge in [0.2, 0.25) is 0 Å². The van der Waals surface area contributed by atoms with Crippen LogP contribution >= 0.6 is 0 Å². The van der Waals surface area contributed by atoms with E-state index in [9.17, 15) is 0 Å². The van der Waals surface area contributed by atoms with Gasteiger partial charge in [-0.15, -0.1) is 0 Å². The van der Waals surface area contributed by atoms with Crippen molar-refractivity contribution >= 4 is 0 Å². The zero-order chi connectivity index (χ0) is 13.9. The summed E-state index contributed by atoms with van der Waals surface area (Å²) in [6.07, 6.45) is 3.89. The monoisotopic (exact) mass is 265 g/mol. The van der Waals surface area contributed by atoms with Crippen molar-refractivity contribution in [1.82, 2.24) is 0 Å². The first kappa shape index (κ1) is 13.4. The van der Waals surface area contributed by atoms with Gasteiger partial charge in [-0.25, -0.2) is 0 Å². The molecule has 2 aromatic rings. The molecule has 3 unspecified atom stereocenters. The second-order valence-electron chi connectivity index (χ2n) is 6.19. The minimum atomic E-state index is 0.199. The molecule has 0 saturated heterocycles. The van der Waals surface area contributed by atoms with Gasteiger partial charge in [-0.3, -0.25) is 0 Å². The lowest BCUT2D eigenvalue weighted by Gasteiger charge is -2.20. The van der Waals surface area contributed by atoms with E-state index in [-0.39, 0.29) is 6.04 Å². The Bertz CT molecular complexity index is 544. The fraction of sp³-hybridized carbons (Fsp3) is 0.368. The molecule has 0 heterocycles. The molecule has 3 atom stereocenters. The Labute approximate surface area is 121 Å². The molecule has 0 aliphatic heterocycles. The third-order valence-electron chi connectivity index (χ3n) is 4.65. The number of hydrogen-bond acceptors (Lipinski definition) is 1. The summed E-state index contributed by atoms with van der Waals surface area (Å²) in [5, 5.41) is 0. The fourth-order valence-electron chi connectivity index (χ4n) is 3.38. The van der Waals surface area contributed by atoms with E-state index < -0.39 is 0 Å². The summed E-state index contributed by atoms with van der Waals surface area (Å²) in [5.41, 5.74) is 10.3. The molecule has 1 nitrogen and oxygen atoms in total. The van der Waals surface area contributed by atoms with Crippen molar-refractivity contribution in [2.45, 2.75) is 32.2 Å². The average molecular weight is 265 g/mol. The van der Waals surface area contributed by atoms with Gasteiger partial charge >= 0.3 is 0 Å². The van der Waals surface area contributed by atoms with Crippen molar-refractivity contribution in [3.63, 3.8) is 0 Å². The topological polar surface area (TPSA) is 26.0 Å². The zero-order valence-electron chi connectivity index (χ0n) is 12.1. The molecule has 1 fully saturated rings. The predicted octanol–water partition coefficient (Wildman–Crippen LogP) is 4.79. The molecule has 104 valence electrons. The van der Waals surface area contributed by atoms with E-state index in [1.54, 1.807) is 0 Å².